The fraction of sp³-hybridized carbons (Fsp3) is 0.450. The SMILES string of the molecule is O=C(c1ccccn1)[C@@H]1CCCN(C(=O)c2csc3c2CCCC3)C1. The summed E-state index contributed by atoms with van der Waals surface area (Å²) in [5, 5.41) is 2.03. The van der Waals surface area contributed by atoms with Crippen molar-refractivity contribution in [1.29, 1.82) is 0 Å². The first kappa shape index (κ1) is 16.5. The second kappa shape index (κ2) is 7.08. The predicted octanol–water partition coefficient (Wildman–Crippen LogP) is 3.76. The number of carbonyl (C=O) groups is 2. The number of likely N-dealkylation sites (tertiary alicyclic amines) is 1. The van der Waals surface area contributed by atoms with E-state index in [-0.39, 0.29) is 17.6 Å². The minimum atomic E-state index is -0.137. The van der Waals surface area contributed by atoms with Gasteiger partial charge in [0.05, 0.1) is 5.56 Å². The standard InChI is InChI=1S/C20H22N2O2S/c23-19(17-8-3-4-10-21-17)14-6-5-11-22(12-14)20(24)16-13-25-18-9-2-1-7-15(16)18/h3-4,8,10,13-14H,1-2,5-7,9,11-12H2/t14-/m1/s1. The van der Waals surface area contributed by atoms with Gasteiger partial charge in [-0.15, -0.1) is 11.3 Å². The second-order valence-electron chi connectivity index (χ2n) is 6.93. The molecular formula is C20H22N2O2S. The molecule has 1 saturated heterocycles. The number of hydrogen-bond donors (Lipinski definition) is 0. The minimum Gasteiger partial charge on any atom is -0.338 e. The molecule has 3 heterocycles. The van der Waals surface area contributed by atoms with Crippen LogP contribution in [0.1, 0.15) is 57.0 Å². The maximum atomic E-state index is 13.0. The Kier molecular flexibility index (Phi) is 4.66. The van der Waals surface area contributed by atoms with Crippen molar-refractivity contribution in [3.63, 3.8) is 0 Å². The molecule has 0 radical (unpaired) electrons. The summed E-state index contributed by atoms with van der Waals surface area (Å²) < 4.78 is 0. The molecule has 25 heavy (non-hydrogen) atoms. The van der Waals surface area contributed by atoms with Crippen molar-refractivity contribution >= 4 is 23.0 Å². The Labute approximate surface area is 151 Å². The summed E-state index contributed by atoms with van der Waals surface area (Å²) in [5.74, 6) is 0.0328. The van der Waals surface area contributed by atoms with Gasteiger partial charge >= 0.3 is 0 Å². The summed E-state index contributed by atoms with van der Waals surface area (Å²) in [7, 11) is 0. The van der Waals surface area contributed by atoms with Crippen LogP contribution in [0.2, 0.25) is 0 Å². The Balaban J connectivity index is 1.50. The molecule has 2 aliphatic rings. The van der Waals surface area contributed by atoms with E-state index >= 15 is 0 Å². The highest BCUT2D eigenvalue weighted by molar-refractivity contribution is 7.10. The summed E-state index contributed by atoms with van der Waals surface area (Å²) in [5.41, 5.74) is 2.65. The fourth-order valence-corrected chi connectivity index (χ4v) is 5.06. The Morgan fingerprint density at radius 3 is 2.88 bits per heavy atom. The normalized spacial score (nSPS) is 20.2. The molecule has 0 saturated carbocycles. The van der Waals surface area contributed by atoms with Gasteiger partial charge < -0.3 is 4.90 Å². The highest BCUT2D eigenvalue weighted by atomic mass is 32.1. The lowest BCUT2D eigenvalue weighted by atomic mass is 9.90. The first-order valence-electron chi connectivity index (χ1n) is 9.08. The molecular weight excluding hydrogens is 332 g/mol. The third-order valence-electron chi connectivity index (χ3n) is 5.29. The number of aromatic nitrogens is 1. The van der Waals surface area contributed by atoms with Crippen molar-refractivity contribution in [2.24, 2.45) is 5.92 Å². The largest absolute Gasteiger partial charge is 0.338 e. The Morgan fingerprint density at radius 1 is 1.16 bits per heavy atom. The number of thiophene rings is 1. The molecule has 0 aromatic carbocycles. The van der Waals surface area contributed by atoms with Gasteiger partial charge in [-0.05, 0) is 56.2 Å². The van der Waals surface area contributed by atoms with E-state index in [0.29, 0.717) is 12.2 Å². The van der Waals surface area contributed by atoms with Gasteiger partial charge in [-0.1, -0.05) is 6.07 Å². The predicted molar refractivity (Wildman–Crippen MR) is 98.2 cm³/mol. The summed E-state index contributed by atoms with van der Waals surface area (Å²) in [6.07, 6.45) is 7.88. The van der Waals surface area contributed by atoms with Crippen LogP contribution < -0.4 is 0 Å². The van der Waals surface area contributed by atoms with Gasteiger partial charge in [0.15, 0.2) is 5.78 Å². The van der Waals surface area contributed by atoms with Crippen molar-refractivity contribution in [2.75, 3.05) is 13.1 Å². The Morgan fingerprint density at radius 2 is 2.04 bits per heavy atom. The van der Waals surface area contributed by atoms with Crippen LogP contribution in [0.3, 0.4) is 0 Å². The van der Waals surface area contributed by atoms with Crippen LogP contribution in [0.25, 0.3) is 0 Å². The highest BCUT2D eigenvalue weighted by Crippen LogP contribution is 2.32. The monoisotopic (exact) mass is 354 g/mol. The van der Waals surface area contributed by atoms with E-state index in [1.165, 1.54) is 23.3 Å². The number of nitrogens with zero attached hydrogens (tertiary/aromatic N) is 2. The van der Waals surface area contributed by atoms with Gasteiger partial charge in [0.2, 0.25) is 0 Å². The van der Waals surface area contributed by atoms with Gasteiger partial charge in [-0.2, -0.15) is 0 Å². The molecule has 0 N–H and O–H groups in total. The molecule has 4 rings (SSSR count). The zero-order chi connectivity index (χ0) is 17.2. The molecule has 2 aromatic heterocycles. The van der Waals surface area contributed by atoms with E-state index in [1.807, 2.05) is 22.4 Å². The van der Waals surface area contributed by atoms with Crippen LogP contribution in [0.15, 0.2) is 29.8 Å². The Bertz CT molecular complexity index is 784. The van der Waals surface area contributed by atoms with Gasteiger partial charge in [-0.25, -0.2) is 0 Å². The average Bonchev–Trinajstić information content (AvgIpc) is 3.12. The van der Waals surface area contributed by atoms with E-state index < -0.39 is 0 Å². The molecule has 1 amide bonds. The van der Waals surface area contributed by atoms with E-state index in [9.17, 15) is 9.59 Å². The second-order valence-corrected chi connectivity index (χ2v) is 7.89. The van der Waals surface area contributed by atoms with Gasteiger partial charge in [0.25, 0.3) is 5.91 Å². The number of carbonyl (C=O) groups excluding carboxylic acids is 2. The van der Waals surface area contributed by atoms with Crippen LogP contribution in [-0.4, -0.2) is 34.7 Å². The topological polar surface area (TPSA) is 50.3 Å². The van der Waals surface area contributed by atoms with Crippen molar-refractivity contribution in [2.45, 2.75) is 38.5 Å². The van der Waals surface area contributed by atoms with Crippen molar-refractivity contribution in [3.8, 4) is 0 Å². The quantitative estimate of drug-likeness (QED) is 0.789. The molecule has 2 aromatic rings. The van der Waals surface area contributed by atoms with Crippen molar-refractivity contribution in [3.05, 3.63) is 51.5 Å². The number of ketones is 1. The van der Waals surface area contributed by atoms with Crippen LogP contribution in [0, 0.1) is 5.92 Å². The molecule has 4 nitrogen and oxygen atoms in total. The fourth-order valence-electron chi connectivity index (χ4n) is 3.94. The lowest BCUT2D eigenvalue weighted by Crippen LogP contribution is -2.42. The van der Waals surface area contributed by atoms with E-state index in [4.69, 9.17) is 0 Å². The Hall–Kier alpha value is -2.01. The molecule has 0 unspecified atom stereocenters. The number of piperidine rings is 1. The number of fused-ring (bicyclic) bond motifs is 1. The van der Waals surface area contributed by atoms with Crippen LogP contribution in [0.5, 0.6) is 0 Å². The maximum Gasteiger partial charge on any atom is 0.255 e. The molecule has 1 atom stereocenters. The maximum absolute atomic E-state index is 13.0. The number of hydrogen-bond acceptors (Lipinski definition) is 4. The molecule has 5 heteroatoms. The highest BCUT2D eigenvalue weighted by Gasteiger charge is 2.31. The zero-order valence-corrected chi connectivity index (χ0v) is 15.1. The first-order chi connectivity index (χ1) is 12.2. The smallest absolute Gasteiger partial charge is 0.255 e. The van der Waals surface area contributed by atoms with Crippen LogP contribution >= 0.6 is 11.3 Å². The number of aryl methyl sites for hydroxylation is 1. The lowest BCUT2D eigenvalue weighted by Gasteiger charge is -2.32. The van der Waals surface area contributed by atoms with E-state index in [0.717, 1.165) is 37.8 Å². The lowest BCUT2D eigenvalue weighted by molar-refractivity contribution is 0.0635. The van der Waals surface area contributed by atoms with Crippen molar-refractivity contribution in [1.82, 2.24) is 9.88 Å². The number of pyridine rings is 1. The molecule has 0 bridgehead atoms. The van der Waals surface area contributed by atoms with Crippen molar-refractivity contribution < 1.29 is 9.59 Å². The van der Waals surface area contributed by atoms with Gasteiger partial charge in [-0.3, -0.25) is 14.6 Å². The molecule has 1 aliphatic carbocycles. The van der Waals surface area contributed by atoms with Crippen LogP contribution in [0.4, 0.5) is 0 Å². The first-order valence-corrected chi connectivity index (χ1v) is 9.96. The number of Topliss-reactive ketones (excluding diaryl/α,β-unsaturated/α-hetero) is 1. The number of amides is 1. The number of rotatable bonds is 3. The van der Waals surface area contributed by atoms with Gasteiger partial charge in [0.1, 0.15) is 5.69 Å². The van der Waals surface area contributed by atoms with Crippen LogP contribution in [-0.2, 0) is 12.8 Å². The van der Waals surface area contributed by atoms with Gasteiger partial charge in [0, 0.05) is 35.5 Å². The third-order valence-corrected chi connectivity index (χ3v) is 6.38. The third kappa shape index (κ3) is 3.25. The summed E-state index contributed by atoms with van der Waals surface area (Å²) in [6.45, 7) is 1.26. The minimum absolute atomic E-state index is 0.0606. The average molecular weight is 354 g/mol. The molecule has 1 aliphatic heterocycles. The van der Waals surface area contributed by atoms with E-state index in [1.54, 1.807) is 23.6 Å². The van der Waals surface area contributed by atoms with E-state index in [2.05, 4.69) is 4.98 Å². The zero-order valence-electron chi connectivity index (χ0n) is 14.2. The molecule has 1 fully saturated rings. The summed E-state index contributed by atoms with van der Waals surface area (Å²) in [4.78, 5) is 33.2. The molecule has 0 spiro atoms. The molecule has 130 valence electrons. The summed E-state index contributed by atoms with van der Waals surface area (Å²) >= 11 is 1.72. The summed E-state index contributed by atoms with van der Waals surface area (Å²) in [6, 6.07) is 5.41.